The number of nitrogens with zero attached hydrogens (tertiary/aromatic N) is 2. The fourth-order valence-corrected chi connectivity index (χ4v) is 3.12. The number of benzene rings is 1. The zero-order valence-corrected chi connectivity index (χ0v) is 12.0. The molecule has 0 bridgehead atoms. The van der Waals surface area contributed by atoms with Crippen molar-refractivity contribution in [3.8, 4) is 11.5 Å². The first kappa shape index (κ1) is 12.6. The summed E-state index contributed by atoms with van der Waals surface area (Å²) in [6.07, 6.45) is 3.13. The Kier molecular flexibility index (Phi) is 2.85. The molecule has 0 spiro atoms. The zero-order chi connectivity index (χ0) is 13.6. The minimum absolute atomic E-state index is 0.482. The van der Waals surface area contributed by atoms with Crippen molar-refractivity contribution in [2.45, 2.75) is 19.4 Å². The Morgan fingerprint density at radius 1 is 1.37 bits per heavy atom. The maximum atomic E-state index is 6.14. The number of oxazole rings is 1. The smallest absolute Gasteiger partial charge is 0.228 e. The summed E-state index contributed by atoms with van der Waals surface area (Å²) in [5.41, 5.74) is 7.24. The maximum absolute atomic E-state index is 6.14. The molecular formula is C13H12ClN3OS. The van der Waals surface area contributed by atoms with Crippen LogP contribution >= 0.6 is 22.9 Å². The number of thiazole rings is 1. The van der Waals surface area contributed by atoms with Gasteiger partial charge in [0.2, 0.25) is 5.89 Å². The van der Waals surface area contributed by atoms with E-state index in [1.807, 2.05) is 26.0 Å². The van der Waals surface area contributed by atoms with E-state index in [4.69, 9.17) is 21.8 Å². The van der Waals surface area contributed by atoms with E-state index >= 15 is 0 Å². The third-order valence-electron chi connectivity index (χ3n) is 2.67. The first-order valence-electron chi connectivity index (χ1n) is 5.74. The molecule has 2 N–H and O–H groups in total. The highest BCUT2D eigenvalue weighted by molar-refractivity contribution is 7.18. The van der Waals surface area contributed by atoms with Crippen LogP contribution in [-0.2, 0) is 5.54 Å². The van der Waals surface area contributed by atoms with Gasteiger partial charge in [-0.3, -0.25) is 0 Å². The molecule has 0 atom stereocenters. The van der Waals surface area contributed by atoms with Crippen LogP contribution in [0.1, 0.15) is 18.9 Å². The molecule has 0 aliphatic heterocycles. The molecule has 0 aliphatic carbocycles. The van der Waals surface area contributed by atoms with Gasteiger partial charge in [-0.25, -0.2) is 9.97 Å². The van der Waals surface area contributed by atoms with Gasteiger partial charge in [-0.2, -0.15) is 0 Å². The summed E-state index contributed by atoms with van der Waals surface area (Å²) in [5, 5.41) is 1.49. The lowest BCUT2D eigenvalue weighted by Gasteiger charge is -2.13. The van der Waals surface area contributed by atoms with Crippen LogP contribution in [0.15, 0.2) is 29.0 Å². The van der Waals surface area contributed by atoms with Crippen LogP contribution in [0.2, 0.25) is 5.02 Å². The van der Waals surface area contributed by atoms with E-state index < -0.39 is 5.54 Å². The van der Waals surface area contributed by atoms with Crippen molar-refractivity contribution >= 4 is 33.2 Å². The van der Waals surface area contributed by atoms with Crippen molar-refractivity contribution < 1.29 is 4.42 Å². The summed E-state index contributed by atoms with van der Waals surface area (Å²) in [6.45, 7) is 3.86. The molecule has 6 heteroatoms. The summed E-state index contributed by atoms with van der Waals surface area (Å²) < 4.78 is 6.32. The van der Waals surface area contributed by atoms with Gasteiger partial charge in [-0.05, 0) is 26.0 Å². The fourth-order valence-electron chi connectivity index (χ4n) is 1.79. The van der Waals surface area contributed by atoms with E-state index in [0.717, 1.165) is 20.8 Å². The quantitative estimate of drug-likeness (QED) is 0.780. The first-order valence-corrected chi connectivity index (χ1v) is 6.94. The molecule has 1 aromatic carbocycles. The molecule has 0 saturated heterocycles. The first-order chi connectivity index (χ1) is 8.95. The van der Waals surface area contributed by atoms with Crippen LogP contribution in [0.3, 0.4) is 0 Å². The van der Waals surface area contributed by atoms with Gasteiger partial charge in [0.05, 0.1) is 27.5 Å². The Balaban J connectivity index is 2.30. The maximum Gasteiger partial charge on any atom is 0.228 e. The van der Waals surface area contributed by atoms with Crippen molar-refractivity contribution in [2.75, 3.05) is 0 Å². The highest BCUT2D eigenvalue weighted by atomic mass is 35.5. The highest BCUT2D eigenvalue weighted by Gasteiger charge is 2.22. The topological polar surface area (TPSA) is 64.9 Å². The van der Waals surface area contributed by atoms with Crippen molar-refractivity contribution in [3.63, 3.8) is 0 Å². The second-order valence-corrected chi connectivity index (χ2v) is 6.35. The molecule has 3 rings (SSSR count). The standard InChI is InChI=1S/C13H12ClN3OS/c1-13(2,15)12-17-10-8(11-16-3-4-18-11)5-7(14)6-9(10)19-12/h3-6H,15H2,1-2H3. The number of fused-ring (bicyclic) bond motifs is 1. The normalized spacial score (nSPS) is 12.2. The van der Waals surface area contributed by atoms with Gasteiger partial charge in [0.15, 0.2) is 0 Å². The molecule has 0 fully saturated rings. The van der Waals surface area contributed by atoms with E-state index in [1.165, 1.54) is 17.6 Å². The fraction of sp³-hybridized carbons (Fsp3) is 0.231. The van der Waals surface area contributed by atoms with Gasteiger partial charge in [-0.15, -0.1) is 11.3 Å². The predicted molar refractivity (Wildman–Crippen MR) is 77.3 cm³/mol. The summed E-state index contributed by atoms with van der Waals surface area (Å²) >= 11 is 7.68. The summed E-state index contributed by atoms with van der Waals surface area (Å²) in [5.74, 6) is 0.513. The Morgan fingerprint density at radius 2 is 2.16 bits per heavy atom. The lowest BCUT2D eigenvalue weighted by Crippen LogP contribution is -2.28. The molecule has 0 aliphatic rings. The van der Waals surface area contributed by atoms with Crippen molar-refractivity contribution in [1.82, 2.24) is 9.97 Å². The Hall–Kier alpha value is -1.43. The van der Waals surface area contributed by atoms with Gasteiger partial charge in [-0.1, -0.05) is 11.6 Å². The van der Waals surface area contributed by atoms with Gasteiger partial charge in [0.25, 0.3) is 0 Å². The van der Waals surface area contributed by atoms with Crippen molar-refractivity contribution in [1.29, 1.82) is 0 Å². The molecular weight excluding hydrogens is 282 g/mol. The molecule has 0 radical (unpaired) electrons. The van der Waals surface area contributed by atoms with Gasteiger partial charge in [0.1, 0.15) is 11.3 Å². The second-order valence-electron chi connectivity index (χ2n) is 4.88. The molecule has 0 amide bonds. The Labute approximate surface area is 119 Å². The molecule has 19 heavy (non-hydrogen) atoms. The number of nitrogens with two attached hydrogens (primary N) is 1. The van der Waals surface area contributed by atoms with Crippen LogP contribution < -0.4 is 5.73 Å². The van der Waals surface area contributed by atoms with E-state index in [9.17, 15) is 0 Å². The number of halogens is 1. The minimum atomic E-state index is -0.482. The Bertz CT molecular complexity index is 728. The molecule has 98 valence electrons. The van der Waals surface area contributed by atoms with Gasteiger partial charge >= 0.3 is 0 Å². The summed E-state index contributed by atoms with van der Waals surface area (Å²) in [7, 11) is 0. The molecule has 4 nitrogen and oxygen atoms in total. The van der Waals surface area contributed by atoms with Crippen molar-refractivity contribution in [2.24, 2.45) is 5.73 Å². The van der Waals surface area contributed by atoms with Crippen LogP contribution in [0, 0.1) is 0 Å². The lowest BCUT2D eigenvalue weighted by molar-refractivity contribution is 0.551. The van der Waals surface area contributed by atoms with Crippen LogP contribution in [0.5, 0.6) is 0 Å². The van der Waals surface area contributed by atoms with Crippen LogP contribution in [0.4, 0.5) is 0 Å². The molecule has 0 saturated carbocycles. The molecule has 0 unspecified atom stereocenters. The number of hydrogen-bond donors (Lipinski definition) is 1. The van der Waals surface area contributed by atoms with Crippen LogP contribution in [0.25, 0.3) is 21.7 Å². The monoisotopic (exact) mass is 293 g/mol. The largest absolute Gasteiger partial charge is 0.444 e. The van der Waals surface area contributed by atoms with Gasteiger partial charge < -0.3 is 10.2 Å². The summed E-state index contributed by atoms with van der Waals surface area (Å²) in [6, 6.07) is 3.69. The summed E-state index contributed by atoms with van der Waals surface area (Å²) in [4.78, 5) is 8.77. The predicted octanol–water partition coefficient (Wildman–Crippen LogP) is 3.80. The van der Waals surface area contributed by atoms with E-state index in [0.29, 0.717) is 10.9 Å². The van der Waals surface area contributed by atoms with E-state index in [1.54, 1.807) is 6.20 Å². The molecule has 2 aromatic heterocycles. The van der Waals surface area contributed by atoms with E-state index in [2.05, 4.69) is 9.97 Å². The zero-order valence-electron chi connectivity index (χ0n) is 10.5. The van der Waals surface area contributed by atoms with Crippen molar-refractivity contribution in [3.05, 3.63) is 34.6 Å². The SMILES string of the molecule is CC(C)(N)c1nc2c(-c3ncco3)cc(Cl)cc2s1. The second kappa shape index (κ2) is 4.30. The number of rotatable bonds is 2. The van der Waals surface area contributed by atoms with E-state index in [-0.39, 0.29) is 0 Å². The number of aromatic nitrogens is 2. The van der Waals surface area contributed by atoms with Gasteiger partial charge in [0, 0.05) is 5.02 Å². The Morgan fingerprint density at radius 3 is 2.79 bits per heavy atom. The third kappa shape index (κ3) is 2.25. The minimum Gasteiger partial charge on any atom is -0.444 e. The van der Waals surface area contributed by atoms with Crippen LogP contribution in [-0.4, -0.2) is 9.97 Å². The lowest BCUT2D eigenvalue weighted by atomic mass is 10.1. The number of hydrogen-bond acceptors (Lipinski definition) is 5. The molecule has 2 heterocycles. The average Bonchev–Trinajstić information content (AvgIpc) is 2.95. The average molecular weight is 294 g/mol. The third-order valence-corrected chi connectivity index (χ3v) is 4.23. The highest BCUT2D eigenvalue weighted by Crippen LogP contribution is 2.36. The molecule has 3 aromatic rings.